The highest BCUT2D eigenvalue weighted by Gasteiger charge is 2.26. The minimum atomic E-state index is 0.302. The Bertz CT molecular complexity index is 817. The van der Waals surface area contributed by atoms with Crippen molar-refractivity contribution < 1.29 is 4.79 Å². The third kappa shape index (κ3) is 6.08. The normalized spacial score (nSPS) is 15.5. The first-order valence-electron chi connectivity index (χ1n) is 11.1. The second-order valence-corrected chi connectivity index (χ2v) is 7.64. The van der Waals surface area contributed by atoms with Crippen molar-refractivity contribution in [2.45, 2.75) is 58.7 Å². The van der Waals surface area contributed by atoms with E-state index >= 15 is 0 Å². The van der Waals surface area contributed by atoms with Crippen LogP contribution in [0.5, 0.6) is 0 Å². The molecule has 1 saturated heterocycles. The minimum Gasteiger partial charge on any atom is -0.357 e. The molecule has 0 radical (unpaired) electrons. The Hall–Kier alpha value is -2.83. The Morgan fingerprint density at radius 1 is 1.20 bits per heavy atom. The first kappa shape index (κ1) is 21.9. The smallest absolute Gasteiger partial charge is 0.222 e. The van der Waals surface area contributed by atoms with Crippen LogP contribution in [0.25, 0.3) is 0 Å². The number of benzene rings is 1. The van der Waals surface area contributed by atoms with Crippen LogP contribution in [0.1, 0.15) is 50.7 Å². The van der Waals surface area contributed by atoms with E-state index in [9.17, 15) is 4.79 Å². The van der Waals surface area contributed by atoms with Crippen LogP contribution in [0.15, 0.2) is 47.7 Å². The molecule has 1 amide bonds. The molecule has 2 aromatic rings. The summed E-state index contributed by atoms with van der Waals surface area (Å²) < 4.78 is 1.93. The van der Waals surface area contributed by atoms with Gasteiger partial charge in [0.1, 0.15) is 0 Å². The fraction of sp³-hybridized carbons (Fsp3) is 0.522. The van der Waals surface area contributed by atoms with Gasteiger partial charge in [-0.2, -0.15) is 5.10 Å². The average Bonchev–Trinajstić information content (AvgIpc) is 3.42. The summed E-state index contributed by atoms with van der Waals surface area (Å²) in [5, 5.41) is 11.1. The van der Waals surface area contributed by atoms with Crippen molar-refractivity contribution in [2.75, 3.05) is 19.6 Å². The van der Waals surface area contributed by atoms with E-state index in [0.29, 0.717) is 24.9 Å². The lowest BCUT2D eigenvalue weighted by Gasteiger charge is -2.27. The Balaban J connectivity index is 1.57. The zero-order chi connectivity index (χ0) is 21.2. The van der Waals surface area contributed by atoms with Crippen molar-refractivity contribution in [1.29, 1.82) is 0 Å². The predicted molar refractivity (Wildman–Crippen MR) is 120 cm³/mol. The number of rotatable bonds is 10. The van der Waals surface area contributed by atoms with Gasteiger partial charge in [-0.05, 0) is 43.4 Å². The van der Waals surface area contributed by atoms with Gasteiger partial charge in [0.15, 0.2) is 5.96 Å². The van der Waals surface area contributed by atoms with E-state index in [0.717, 1.165) is 51.4 Å². The van der Waals surface area contributed by atoms with Crippen molar-refractivity contribution in [2.24, 2.45) is 4.99 Å². The van der Waals surface area contributed by atoms with Gasteiger partial charge in [0, 0.05) is 44.5 Å². The van der Waals surface area contributed by atoms with Gasteiger partial charge in [0.2, 0.25) is 5.91 Å². The van der Waals surface area contributed by atoms with E-state index in [1.54, 1.807) is 6.20 Å². The number of amides is 1. The highest BCUT2D eigenvalue weighted by Crippen LogP contribution is 2.17. The summed E-state index contributed by atoms with van der Waals surface area (Å²) in [6.07, 6.45) is 7.38. The molecule has 0 aliphatic carbocycles. The Kier molecular flexibility index (Phi) is 8.30. The van der Waals surface area contributed by atoms with E-state index in [4.69, 9.17) is 4.99 Å². The highest BCUT2D eigenvalue weighted by atomic mass is 16.2. The maximum absolute atomic E-state index is 12.0. The third-order valence-corrected chi connectivity index (χ3v) is 5.55. The third-order valence-electron chi connectivity index (χ3n) is 5.55. The number of aliphatic imine (C=N–C) groups is 1. The lowest BCUT2D eigenvalue weighted by molar-refractivity contribution is -0.129. The van der Waals surface area contributed by atoms with Crippen LogP contribution in [0, 0.1) is 0 Å². The summed E-state index contributed by atoms with van der Waals surface area (Å²) in [6.45, 7) is 8.08. The quantitative estimate of drug-likeness (QED) is 0.467. The first-order chi connectivity index (χ1) is 14.7. The molecule has 2 heterocycles. The number of carbonyl (C=O) groups is 1. The van der Waals surface area contributed by atoms with Crippen LogP contribution < -0.4 is 10.6 Å². The van der Waals surface area contributed by atoms with Crippen LogP contribution in [-0.4, -0.2) is 52.2 Å². The van der Waals surface area contributed by atoms with Crippen molar-refractivity contribution in [1.82, 2.24) is 25.3 Å². The molecule has 1 atom stereocenters. The van der Waals surface area contributed by atoms with Crippen molar-refractivity contribution in [3.63, 3.8) is 0 Å². The van der Waals surface area contributed by atoms with Crippen molar-refractivity contribution in [3.05, 3.63) is 53.9 Å². The molecule has 1 unspecified atom stereocenters. The van der Waals surface area contributed by atoms with Gasteiger partial charge in [-0.15, -0.1) is 0 Å². The van der Waals surface area contributed by atoms with Crippen LogP contribution in [0.3, 0.4) is 0 Å². The molecule has 162 valence electrons. The molecule has 30 heavy (non-hydrogen) atoms. The summed E-state index contributed by atoms with van der Waals surface area (Å²) in [5.41, 5.74) is 2.42. The molecule has 1 aliphatic heterocycles. The molecule has 7 heteroatoms. The number of guanidine groups is 1. The average molecular weight is 411 g/mol. The lowest BCUT2D eigenvalue weighted by Crippen LogP contribution is -2.42. The molecule has 1 aromatic heterocycles. The zero-order valence-corrected chi connectivity index (χ0v) is 18.2. The largest absolute Gasteiger partial charge is 0.357 e. The number of likely N-dealkylation sites (tertiary alicyclic amines) is 1. The minimum absolute atomic E-state index is 0.302. The Morgan fingerprint density at radius 2 is 2.03 bits per heavy atom. The number of carbonyl (C=O) groups excluding carboxylic acids is 1. The molecule has 7 nitrogen and oxygen atoms in total. The highest BCUT2D eigenvalue weighted by molar-refractivity contribution is 5.80. The second-order valence-electron chi connectivity index (χ2n) is 7.64. The van der Waals surface area contributed by atoms with Crippen LogP contribution in [0.4, 0.5) is 0 Å². The summed E-state index contributed by atoms with van der Waals surface area (Å²) in [4.78, 5) is 18.9. The van der Waals surface area contributed by atoms with Crippen molar-refractivity contribution in [3.8, 4) is 0 Å². The molecule has 0 spiro atoms. The summed E-state index contributed by atoms with van der Waals surface area (Å²) in [6, 6.07) is 10.6. The topological polar surface area (TPSA) is 74.6 Å². The van der Waals surface area contributed by atoms with Gasteiger partial charge in [0.25, 0.3) is 0 Å². The van der Waals surface area contributed by atoms with Gasteiger partial charge in [-0.25, -0.2) is 4.99 Å². The molecule has 0 saturated carbocycles. The van der Waals surface area contributed by atoms with Gasteiger partial charge in [0.05, 0.1) is 13.1 Å². The number of hydrogen-bond acceptors (Lipinski definition) is 3. The maximum Gasteiger partial charge on any atom is 0.222 e. The lowest BCUT2D eigenvalue weighted by atomic mass is 10.1. The summed E-state index contributed by atoms with van der Waals surface area (Å²) in [5.74, 6) is 1.12. The van der Waals surface area contributed by atoms with E-state index in [1.165, 1.54) is 11.1 Å². The monoisotopic (exact) mass is 410 g/mol. The Labute approximate surface area is 179 Å². The van der Waals surface area contributed by atoms with Gasteiger partial charge in [-0.1, -0.05) is 31.2 Å². The van der Waals surface area contributed by atoms with Gasteiger partial charge in [-0.3, -0.25) is 9.48 Å². The number of aromatic nitrogens is 2. The van der Waals surface area contributed by atoms with Gasteiger partial charge < -0.3 is 15.5 Å². The SMILES string of the molecule is CCNC(=NCc1ccccc1Cn1cccn1)NCCC(CC)N1CCCC1=O. The fourth-order valence-electron chi connectivity index (χ4n) is 3.93. The van der Waals surface area contributed by atoms with Crippen LogP contribution in [-0.2, 0) is 17.9 Å². The summed E-state index contributed by atoms with van der Waals surface area (Å²) >= 11 is 0. The summed E-state index contributed by atoms with van der Waals surface area (Å²) in [7, 11) is 0. The zero-order valence-electron chi connectivity index (χ0n) is 18.2. The van der Waals surface area contributed by atoms with Gasteiger partial charge >= 0.3 is 0 Å². The fourth-order valence-corrected chi connectivity index (χ4v) is 3.93. The maximum atomic E-state index is 12.0. The van der Waals surface area contributed by atoms with E-state index in [2.05, 4.69) is 58.7 Å². The predicted octanol–water partition coefficient (Wildman–Crippen LogP) is 2.78. The number of hydrogen-bond donors (Lipinski definition) is 2. The number of nitrogens with one attached hydrogen (secondary N) is 2. The van der Waals surface area contributed by atoms with Crippen LogP contribution >= 0.6 is 0 Å². The molecule has 1 fully saturated rings. The van der Waals surface area contributed by atoms with Crippen molar-refractivity contribution >= 4 is 11.9 Å². The molecule has 0 bridgehead atoms. The first-order valence-corrected chi connectivity index (χ1v) is 11.1. The molecular weight excluding hydrogens is 376 g/mol. The second kappa shape index (κ2) is 11.4. The van der Waals surface area contributed by atoms with Crippen LogP contribution in [0.2, 0.25) is 0 Å². The number of nitrogens with zero attached hydrogens (tertiary/aromatic N) is 4. The standard InChI is InChI=1S/C23H34N6O/c1-3-21(29-16-7-11-22(29)30)12-14-25-23(24-4-2)26-17-19-9-5-6-10-20(19)18-28-15-8-13-27-28/h5-6,8-10,13,15,21H,3-4,7,11-12,14,16-18H2,1-2H3,(H2,24,25,26). The molecule has 1 aromatic carbocycles. The molecular formula is C23H34N6O. The molecule has 2 N–H and O–H groups in total. The van der Waals surface area contributed by atoms with E-state index in [-0.39, 0.29) is 0 Å². The Morgan fingerprint density at radius 3 is 2.70 bits per heavy atom. The molecule has 1 aliphatic rings. The van der Waals surface area contributed by atoms with E-state index < -0.39 is 0 Å². The van der Waals surface area contributed by atoms with E-state index in [1.807, 2.05) is 16.9 Å². The molecule has 3 rings (SSSR count).